The van der Waals surface area contributed by atoms with Crippen LogP contribution in [0.4, 0.5) is 5.82 Å². The van der Waals surface area contributed by atoms with E-state index in [-0.39, 0.29) is 0 Å². The van der Waals surface area contributed by atoms with Gasteiger partial charge in [0.1, 0.15) is 0 Å². The highest BCUT2D eigenvalue weighted by atomic mass is 15.3. The number of aromatic amines is 1. The van der Waals surface area contributed by atoms with Crippen LogP contribution in [0.5, 0.6) is 0 Å². The van der Waals surface area contributed by atoms with E-state index in [0.717, 1.165) is 31.4 Å². The molecule has 16 heavy (non-hydrogen) atoms. The summed E-state index contributed by atoms with van der Waals surface area (Å²) in [6, 6.07) is 2.23. The van der Waals surface area contributed by atoms with Crippen molar-refractivity contribution in [2.45, 2.75) is 31.6 Å². The SMILES string of the molecule is NC[C@H]1CCCN(c2cc(C3CC3)[nH]n2)C1. The summed E-state index contributed by atoms with van der Waals surface area (Å²) in [7, 11) is 0. The van der Waals surface area contributed by atoms with Gasteiger partial charge in [-0.2, -0.15) is 5.10 Å². The summed E-state index contributed by atoms with van der Waals surface area (Å²) in [6.45, 7) is 3.01. The van der Waals surface area contributed by atoms with Gasteiger partial charge in [0, 0.05) is 30.8 Å². The molecule has 0 radical (unpaired) electrons. The highest BCUT2D eigenvalue weighted by Gasteiger charge is 2.27. The first-order valence-electron chi connectivity index (χ1n) is 6.37. The van der Waals surface area contributed by atoms with Crippen molar-refractivity contribution in [1.82, 2.24) is 10.2 Å². The molecule has 0 bridgehead atoms. The van der Waals surface area contributed by atoms with Gasteiger partial charge in [0.25, 0.3) is 0 Å². The predicted octanol–water partition coefficient (Wildman–Crippen LogP) is 1.46. The minimum Gasteiger partial charge on any atom is -0.355 e. The van der Waals surface area contributed by atoms with Gasteiger partial charge in [-0.1, -0.05) is 0 Å². The molecule has 1 aromatic heterocycles. The van der Waals surface area contributed by atoms with E-state index in [4.69, 9.17) is 5.73 Å². The molecule has 0 aromatic carbocycles. The lowest BCUT2D eigenvalue weighted by Gasteiger charge is -2.32. The lowest BCUT2D eigenvalue weighted by Crippen LogP contribution is -2.38. The van der Waals surface area contributed by atoms with Gasteiger partial charge in [0.15, 0.2) is 5.82 Å². The molecule has 1 aliphatic heterocycles. The van der Waals surface area contributed by atoms with E-state index >= 15 is 0 Å². The number of nitrogens with one attached hydrogen (secondary N) is 1. The van der Waals surface area contributed by atoms with Crippen LogP contribution < -0.4 is 10.6 Å². The van der Waals surface area contributed by atoms with Crippen molar-refractivity contribution in [2.24, 2.45) is 11.7 Å². The van der Waals surface area contributed by atoms with Crippen LogP contribution in [-0.2, 0) is 0 Å². The average molecular weight is 220 g/mol. The standard InChI is InChI=1S/C12H20N4/c13-7-9-2-1-5-16(8-9)12-6-11(14-15-12)10-3-4-10/h6,9-10H,1-5,7-8,13H2,(H,14,15)/t9-/m1/s1. The molecule has 4 heteroatoms. The summed E-state index contributed by atoms with van der Waals surface area (Å²) in [5.41, 5.74) is 7.08. The summed E-state index contributed by atoms with van der Waals surface area (Å²) >= 11 is 0. The minimum atomic E-state index is 0.648. The van der Waals surface area contributed by atoms with Crippen molar-refractivity contribution in [3.8, 4) is 0 Å². The highest BCUT2D eigenvalue weighted by molar-refractivity contribution is 5.41. The summed E-state index contributed by atoms with van der Waals surface area (Å²) < 4.78 is 0. The number of piperidine rings is 1. The molecule has 1 aliphatic carbocycles. The monoisotopic (exact) mass is 220 g/mol. The number of nitrogens with two attached hydrogens (primary N) is 1. The maximum Gasteiger partial charge on any atom is 0.150 e. The van der Waals surface area contributed by atoms with Crippen LogP contribution in [0.1, 0.15) is 37.3 Å². The zero-order chi connectivity index (χ0) is 11.0. The van der Waals surface area contributed by atoms with Gasteiger partial charge in [-0.3, -0.25) is 5.10 Å². The molecule has 3 N–H and O–H groups in total. The lowest BCUT2D eigenvalue weighted by atomic mass is 9.98. The maximum atomic E-state index is 5.75. The summed E-state index contributed by atoms with van der Waals surface area (Å²) in [5.74, 6) is 2.53. The number of hydrogen-bond donors (Lipinski definition) is 2. The molecular weight excluding hydrogens is 200 g/mol. The fraction of sp³-hybridized carbons (Fsp3) is 0.750. The average Bonchev–Trinajstić information content (AvgIpc) is 3.07. The molecule has 1 aromatic rings. The van der Waals surface area contributed by atoms with Crippen LogP contribution in [-0.4, -0.2) is 29.8 Å². The molecule has 0 spiro atoms. The van der Waals surface area contributed by atoms with Gasteiger partial charge >= 0.3 is 0 Å². The van der Waals surface area contributed by atoms with E-state index in [1.54, 1.807) is 0 Å². The Hall–Kier alpha value is -1.03. The van der Waals surface area contributed by atoms with Gasteiger partial charge in [0.05, 0.1) is 0 Å². The highest BCUT2D eigenvalue weighted by Crippen LogP contribution is 2.40. The maximum absolute atomic E-state index is 5.75. The largest absolute Gasteiger partial charge is 0.355 e. The van der Waals surface area contributed by atoms with Crippen LogP contribution in [0.3, 0.4) is 0 Å². The first kappa shape index (κ1) is 10.1. The summed E-state index contributed by atoms with van der Waals surface area (Å²) in [4.78, 5) is 2.38. The number of H-pyrrole nitrogens is 1. The summed E-state index contributed by atoms with van der Waals surface area (Å²) in [5, 5.41) is 7.60. The zero-order valence-corrected chi connectivity index (χ0v) is 9.65. The number of aromatic nitrogens is 2. The van der Waals surface area contributed by atoms with E-state index in [9.17, 15) is 0 Å². The predicted molar refractivity (Wildman–Crippen MR) is 64.6 cm³/mol. The van der Waals surface area contributed by atoms with E-state index < -0.39 is 0 Å². The van der Waals surface area contributed by atoms with Crippen molar-refractivity contribution in [3.05, 3.63) is 11.8 Å². The molecule has 2 fully saturated rings. The smallest absolute Gasteiger partial charge is 0.150 e. The fourth-order valence-corrected chi connectivity index (χ4v) is 2.56. The van der Waals surface area contributed by atoms with Gasteiger partial charge < -0.3 is 10.6 Å². The van der Waals surface area contributed by atoms with Crippen molar-refractivity contribution in [3.63, 3.8) is 0 Å². The van der Waals surface area contributed by atoms with Gasteiger partial charge in [-0.05, 0) is 38.1 Å². The third kappa shape index (κ3) is 1.94. The molecule has 3 rings (SSSR count). The Morgan fingerprint density at radius 3 is 3.06 bits per heavy atom. The Bertz CT molecular complexity index is 356. The number of rotatable bonds is 3. The van der Waals surface area contributed by atoms with Crippen LogP contribution >= 0.6 is 0 Å². The van der Waals surface area contributed by atoms with Crippen molar-refractivity contribution in [1.29, 1.82) is 0 Å². The van der Waals surface area contributed by atoms with Crippen LogP contribution in [0.25, 0.3) is 0 Å². The molecule has 88 valence electrons. The van der Waals surface area contributed by atoms with Crippen LogP contribution in [0.15, 0.2) is 6.07 Å². The second-order valence-corrected chi connectivity index (χ2v) is 5.15. The lowest BCUT2D eigenvalue weighted by molar-refractivity contribution is 0.421. The first-order chi connectivity index (χ1) is 7.86. The molecule has 1 atom stereocenters. The third-order valence-corrected chi connectivity index (χ3v) is 3.78. The molecule has 1 saturated heterocycles. The molecule has 2 aliphatic rings. The summed E-state index contributed by atoms with van der Waals surface area (Å²) in [6.07, 6.45) is 5.17. The Kier molecular flexibility index (Phi) is 2.59. The number of anilines is 1. The number of hydrogen-bond acceptors (Lipinski definition) is 3. The normalized spacial score (nSPS) is 26.1. The topological polar surface area (TPSA) is 57.9 Å². The van der Waals surface area contributed by atoms with E-state index in [1.165, 1.54) is 31.4 Å². The van der Waals surface area contributed by atoms with E-state index in [2.05, 4.69) is 21.2 Å². The molecule has 0 amide bonds. The first-order valence-corrected chi connectivity index (χ1v) is 6.37. The van der Waals surface area contributed by atoms with Crippen molar-refractivity contribution in [2.75, 3.05) is 24.5 Å². The quantitative estimate of drug-likeness (QED) is 0.811. The zero-order valence-electron chi connectivity index (χ0n) is 9.65. The van der Waals surface area contributed by atoms with Gasteiger partial charge in [0.2, 0.25) is 0 Å². The Morgan fingerprint density at radius 2 is 2.31 bits per heavy atom. The molecule has 2 heterocycles. The Balaban J connectivity index is 1.70. The molecular formula is C12H20N4. The number of nitrogens with zero attached hydrogens (tertiary/aromatic N) is 2. The minimum absolute atomic E-state index is 0.648. The van der Waals surface area contributed by atoms with Crippen LogP contribution in [0, 0.1) is 5.92 Å². The third-order valence-electron chi connectivity index (χ3n) is 3.78. The second kappa shape index (κ2) is 4.09. The van der Waals surface area contributed by atoms with Gasteiger partial charge in [-0.15, -0.1) is 0 Å². The van der Waals surface area contributed by atoms with E-state index in [1.807, 2.05) is 0 Å². The van der Waals surface area contributed by atoms with E-state index in [0.29, 0.717) is 5.92 Å². The molecule has 0 unspecified atom stereocenters. The van der Waals surface area contributed by atoms with Gasteiger partial charge in [-0.25, -0.2) is 0 Å². The second-order valence-electron chi connectivity index (χ2n) is 5.15. The molecule has 4 nitrogen and oxygen atoms in total. The van der Waals surface area contributed by atoms with Crippen molar-refractivity contribution < 1.29 is 0 Å². The van der Waals surface area contributed by atoms with Crippen LogP contribution in [0.2, 0.25) is 0 Å². The van der Waals surface area contributed by atoms with Crippen molar-refractivity contribution >= 4 is 5.82 Å². The fourth-order valence-electron chi connectivity index (χ4n) is 2.56. The Labute approximate surface area is 96.2 Å². The Morgan fingerprint density at radius 1 is 1.44 bits per heavy atom. The molecule has 1 saturated carbocycles.